The molecule has 0 aliphatic heterocycles. The van der Waals surface area contributed by atoms with E-state index in [1.165, 1.54) is 7.11 Å². The lowest BCUT2D eigenvalue weighted by Crippen LogP contribution is -2.03. The minimum absolute atomic E-state index is 0.335. The molecule has 0 amide bonds. The van der Waals surface area contributed by atoms with Gasteiger partial charge in [0, 0.05) is 17.0 Å². The summed E-state index contributed by atoms with van der Waals surface area (Å²) >= 11 is 6.34. The Morgan fingerprint density at radius 3 is 2.48 bits per heavy atom. The molecule has 0 aliphatic rings. The number of halogens is 1. The molecule has 31 heavy (non-hydrogen) atoms. The molecule has 3 aromatic carbocycles. The van der Waals surface area contributed by atoms with Gasteiger partial charge in [-0.1, -0.05) is 29.8 Å². The summed E-state index contributed by atoms with van der Waals surface area (Å²) in [6.45, 7) is 0.335. The average molecular weight is 434 g/mol. The lowest BCUT2D eigenvalue weighted by atomic mass is 10.1. The molecule has 1 heterocycles. The van der Waals surface area contributed by atoms with Crippen molar-refractivity contribution in [3.05, 3.63) is 88.9 Å². The summed E-state index contributed by atoms with van der Waals surface area (Å²) in [7, 11) is 2.99. The summed E-state index contributed by atoms with van der Waals surface area (Å²) in [5, 5.41) is 1.44. The van der Waals surface area contributed by atoms with Gasteiger partial charge in [-0.2, -0.15) is 0 Å². The number of fused-ring (bicyclic) bond motifs is 1. The van der Waals surface area contributed by atoms with Crippen LogP contribution in [0.4, 0.5) is 0 Å². The van der Waals surface area contributed by atoms with Crippen molar-refractivity contribution in [2.24, 2.45) is 0 Å². The van der Waals surface area contributed by atoms with E-state index < -0.39 is 0 Å². The number of carbonyl (C=O) groups excluding carboxylic acids is 1. The molecule has 0 aliphatic carbocycles. The monoisotopic (exact) mass is 433 g/mol. The Labute approximate surface area is 185 Å². The van der Waals surface area contributed by atoms with Crippen LogP contribution in [0.5, 0.6) is 11.5 Å². The molecule has 1 aromatic heterocycles. The van der Waals surface area contributed by atoms with Gasteiger partial charge >= 0.3 is 5.97 Å². The molecule has 0 bridgehead atoms. The Morgan fingerprint density at radius 2 is 1.74 bits per heavy atom. The maximum absolute atomic E-state index is 11.7. The Bertz CT molecular complexity index is 1240. The van der Waals surface area contributed by atoms with Gasteiger partial charge in [0.15, 0.2) is 0 Å². The predicted octanol–water partition coefficient (Wildman–Crippen LogP) is 5.93. The second kappa shape index (κ2) is 9.06. The molecule has 0 unspecified atom stereocenters. The number of ether oxygens (including phenoxy) is 3. The van der Waals surface area contributed by atoms with E-state index in [0.717, 1.165) is 22.2 Å². The summed E-state index contributed by atoms with van der Waals surface area (Å²) in [4.78, 5) is 16.4. The number of pyridine rings is 1. The lowest BCUT2D eigenvalue weighted by molar-refractivity contribution is 0.0600. The first-order valence-electron chi connectivity index (χ1n) is 9.63. The molecule has 4 rings (SSSR count). The summed E-state index contributed by atoms with van der Waals surface area (Å²) in [6.07, 6.45) is 0. The number of methoxy groups -OCH3 is 2. The number of hydrogen-bond acceptors (Lipinski definition) is 5. The van der Waals surface area contributed by atoms with Gasteiger partial charge in [0.25, 0.3) is 0 Å². The summed E-state index contributed by atoms with van der Waals surface area (Å²) in [5.41, 5.74) is 3.75. The number of para-hydroxylation sites is 1. The normalized spacial score (nSPS) is 10.7. The quantitative estimate of drug-likeness (QED) is 0.353. The maximum Gasteiger partial charge on any atom is 0.337 e. The van der Waals surface area contributed by atoms with Crippen LogP contribution in [0.1, 0.15) is 15.9 Å². The average Bonchev–Trinajstić information content (AvgIpc) is 2.82. The molecule has 0 radical (unpaired) electrons. The van der Waals surface area contributed by atoms with Crippen molar-refractivity contribution in [1.29, 1.82) is 0 Å². The van der Waals surface area contributed by atoms with Crippen LogP contribution in [0, 0.1) is 0 Å². The van der Waals surface area contributed by atoms with Gasteiger partial charge in [0.1, 0.15) is 18.1 Å². The lowest BCUT2D eigenvalue weighted by Gasteiger charge is -2.11. The van der Waals surface area contributed by atoms with Crippen LogP contribution >= 0.6 is 11.6 Å². The van der Waals surface area contributed by atoms with Gasteiger partial charge in [-0.15, -0.1) is 0 Å². The van der Waals surface area contributed by atoms with Crippen molar-refractivity contribution in [2.75, 3.05) is 14.2 Å². The van der Waals surface area contributed by atoms with E-state index in [-0.39, 0.29) is 5.97 Å². The minimum atomic E-state index is -0.371. The first-order chi connectivity index (χ1) is 15.1. The second-order valence-corrected chi connectivity index (χ2v) is 7.26. The van der Waals surface area contributed by atoms with Gasteiger partial charge in [-0.05, 0) is 54.1 Å². The summed E-state index contributed by atoms with van der Waals surface area (Å²) in [5.74, 6) is 1.05. The highest BCUT2D eigenvalue weighted by Gasteiger charge is 2.11. The first-order valence-corrected chi connectivity index (χ1v) is 10.0. The standard InChI is InChI=1S/C25H20ClNO4/c1-29-23-14-22(27-24-20(23)7-4-8-21(24)26)17-9-11-19(12-10-17)31-15-16-5-3-6-18(13-16)25(28)30-2/h3-14H,15H2,1-2H3. The molecule has 0 saturated heterocycles. The predicted molar refractivity (Wildman–Crippen MR) is 121 cm³/mol. The third kappa shape index (κ3) is 4.47. The van der Waals surface area contributed by atoms with Crippen molar-refractivity contribution >= 4 is 28.5 Å². The van der Waals surface area contributed by atoms with Gasteiger partial charge in [0.2, 0.25) is 0 Å². The van der Waals surface area contributed by atoms with E-state index in [2.05, 4.69) is 0 Å². The number of aromatic nitrogens is 1. The van der Waals surface area contributed by atoms with Crippen LogP contribution in [-0.4, -0.2) is 25.2 Å². The van der Waals surface area contributed by atoms with Gasteiger partial charge in [-0.3, -0.25) is 0 Å². The Hall–Kier alpha value is -3.57. The molecule has 4 aromatic rings. The van der Waals surface area contributed by atoms with Crippen LogP contribution in [0.3, 0.4) is 0 Å². The number of hydrogen-bond donors (Lipinski definition) is 0. The van der Waals surface area contributed by atoms with Crippen molar-refractivity contribution in [3.8, 4) is 22.8 Å². The fraction of sp³-hybridized carbons (Fsp3) is 0.120. The van der Waals surface area contributed by atoms with Crippen molar-refractivity contribution < 1.29 is 19.0 Å². The zero-order valence-electron chi connectivity index (χ0n) is 17.1. The van der Waals surface area contributed by atoms with Crippen LogP contribution in [-0.2, 0) is 11.3 Å². The number of esters is 1. The molecule has 5 nitrogen and oxygen atoms in total. The smallest absolute Gasteiger partial charge is 0.337 e. The molecule has 0 saturated carbocycles. The first kappa shape index (κ1) is 20.7. The van der Waals surface area contributed by atoms with E-state index in [1.807, 2.05) is 54.6 Å². The summed E-state index contributed by atoms with van der Waals surface area (Å²) < 4.78 is 16.2. The topological polar surface area (TPSA) is 57.7 Å². The Kier molecular flexibility index (Phi) is 6.05. The highest BCUT2D eigenvalue weighted by molar-refractivity contribution is 6.35. The molecular weight excluding hydrogens is 414 g/mol. The fourth-order valence-electron chi connectivity index (χ4n) is 3.29. The number of rotatable bonds is 6. The zero-order chi connectivity index (χ0) is 21.8. The molecule has 6 heteroatoms. The molecule has 0 spiro atoms. The molecule has 0 N–H and O–H groups in total. The van der Waals surface area contributed by atoms with Crippen molar-refractivity contribution in [2.45, 2.75) is 6.61 Å². The number of benzene rings is 3. The fourth-order valence-corrected chi connectivity index (χ4v) is 3.51. The maximum atomic E-state index is 11.7. The van der Waals surface area contributed by atoms with Crippen LogP contribution in [0.25, 0.3) is 22.2 Å². The third-order valence-electron chi connectivity index (χ3n) is 4.88. The molecule has 156 valence electrons. The van der Waals surface area contributed by atoms with Gasteiger partial charge in [0.05, 0.1) is 36.0 Å². The SMILES string of the molecule is COC(=O)c1cccc(COc2ccc(-c3cc(OC)c4cccc(Cl)c4n3)cc2)c1. The van der Waals surface area contributed by atoms with E-state index in [4.69, 9.17) is 30.8 Å². The summed E-state index contributed by atoms with van der Waals surface area (Å²) in [6, 6.07) is 22.3. The number of carbonyl (C=O) groups is 1. The highest BCUT2D eigenvalue weighted by atomic mass is 35.5. The van der Waals surface area contributed by atoms with Crippen LogP contribution in [0.15, 0.2) is 72.8 Å². The van der Waals surface area contributed by atoms with Crippen molar-refractivity contribution in [1.82, 2.24) is 4.98 Å². The zero-order valence-corrected chi connectivity index (χ0v) is 17.8. The molecule has 0 fully saturated rings. The van der Waals surface area contributed by atoms with Crippen LogP contribution < -0.4 is 9.47 Å². The minimum Gasteiger partial charge on any atom is -0.496 e. The highest BCUT2D eigenvalue weighted by Crippen LogP contribution is 2.33. The van der Waals surface area contributed by atoms with Gasteiger partial charge < -0.3 is 14.2 Å². The third-order valence-corrected chi connectivity index (χ3v) is 5.18. The Morgan fingerprint density at radius 1 is 0.968 bits per heavy atom. The van der Waals surface area contributed by atoms with E-state index in [9.17, 15) is 4.79 Å². The van der Waals surface area contributed by atoms with Crippen LogP contribution in [0.2, 0.25) is 5.02 Å². The molecular formula is C25H20ClNO4. The largest absolute Gasteiger partial charge is 0.496 e. The van der Waals surface area contributed by atoms with E-state index in [0.29, 0.717) is 34.2 Å². The Balaban J connectivity index is 1.54. The van der Waals surface area contributed by atoms with E-state index >= 15 is 0 Å². The number of nitrogens with zero attached hydrogens (tertiary/aromatic N) is 1. The van der Waals surface area contributed by atoms with Crippen molar-refractivity contribution in [3.63, 3.8) is 0 Å². The second-order valence-electron chi connectivity index (χ2n) is 6.85. The van der Waals surface area contributed by atoms with E-state index in [1.54, 1.807) is 25.3 Å². The molecule has 0 atom stereocenters. The van der Waals surface area contributed by atoms with Gasteiger partial charge in [-0.25, -0.2) is 9.78 Å².